The third kappa shape index (κ3) is 3.22. The predicted molar refractivity (Wildman–Crippen MR) is 68.7 cm³/mol. The van der Waals surface area contributed by atoms with Crippen molar-refractivity contribution >= 4 is 11.6 Å². The first-order valence-electron chi connectivity index (χ1n) is 6.11. The Labute approximate surface area is 103 Å². The number of nitrogens with two attached hydrogens (primary N) is 1. The van der Waals surface area contributed by atoms with Crippen molar-refractivity contribution in [1.82, 2.24) is 14.7 Å². The fourth-order valence-electron chi connectivity index (χ4n) is 1.71. The number of nitrogen functional groups attached to an aromatic ring is 1. The summed E-state index contributed by atoms with van der Waals surface area (Å²) in [5.74, 6) is 0.360. The quantitative estimate of drug-likeness (QED) is 0.847. The first-order chi connectivity index (χ1) is 7.99. The Kier molecular flexibility index (Phi) is 4.54. The molecular weight excluding hydrogens is 216 g/mol. The van der Waals surface area contributed by atoms with Gasteiger partial charge in [-0.05, 0) is 19.8 Å². The highest BCUT2D eigenvalue weighted by atomic mass is 16.2. The van der Waals surface area contributed by atoms with Crippen LogP contribution in [0.3, 0.4) is 0 Å². The van der Waals surface area contributed by atoms with Gasteiger partial charge in [0.15, 0.2) is 5.69 Å². The Morgan fingerprint density at radius 1 is 1.53 bits per heavy atom. The molecule has 0 saturated heterocycles. The molecule has 1 amide bonds. The zero-order chi connectivity index (χ0) is 13.0. The van der Waals surface area contributed by atoms with E-state index >= 15 is 0 Å². The highest BCUT2D eigenvalue weighted by Gasteiger charge is 2.20. The SMILES string of the molecule is CCN(CC(C)C)C(=O)c1nn(CC)cc1N. The second-order valence-electron chi connectivity index (χ2n) is 4.53. The number of hydrogen-bond donors (Lipinski definition) is 1. The van der Waals surface area contributed by atoms with Crippen LogP contribution < -0.4 is 5.73 Å². The van der Waals surface area contributed by atoms with Gasteiger partial charge in [-0.15, -0.1) is 0 Å². The van der Waals surface area contributed by atoms with Crippen molar-refractivity contribution in [2.45, 2.75) is 34.2 Å². The summed E-state index contributed by atoms with van der Waals surface area (Å²) >= 11 is 0. The summed E-state index contributed by atoms with van der Waals surface area (Å²) in [5, 5.41) is 4.20. The average molecular weight is 238 g/mol. The minimum Gasteiger partial charge on any atom is -0.396 e. The van der Waals surface area contributed by atoms with E-state index in [1.54, 1.807) is 15.8 Å². The standard InChI is InChI=1S/C12H22N4O/c1-5-15(7-9(3)4)12(17)11-10(13)8-16(6-2)14-11/h8-9H,5-7,13H2,1-4H3. The topological polar surface area (TPSA) is 64.2 Å². The van der Waals surface area contributed by atoms with Crippen molar-refractivity contribution in [2.24, 2.45) is 5.92 Å². The van der Waals surface area contributed by atoms with Crippen LogP contribution in [0.1, 0.15) is 38.2 Å². The van der Waals surface area contributed by atoms with Gasteiger partial charge in [-0.1, -0.05) is 13.8 Å². The van der Waals surface area contributed by atoms with Crippen molar-refractivity contribution in [3.63, 3.8) is 0 Å². The average Bonchev–Trinajstić information content (AvgIpc) is 2.66. The van der Waals surface area contributed by atoms with Gasteiger partial charge in [0.2, 0.25) is 0 Å². The minimum atomic E-state index is -0.0779. The van der Waals surface area contributed by atoms with Crippen LogP contribution in [0.2, 0.25) is 0 Å². The molecule has 0 aliphatic carbocycles. The lowest BCUT2D eigenvalue weighted by molar-refractivity contribution is 0.0740. The van der Waals surface area contributed by atoms with Gasteiger partial charge in [-0.3, -0.25) is 9.48 Å². The monoisotopic (exact) mass is 238 g/mol. The van der Waals surface area contributed by atoms with Crippen LogP contribution in [0.5, 0.6) is 0 Å². The van der Waals surface area contributed by atoms with Crippen molar-refractivity contribution in [2.75, 3.05) is 18.8 Å². The van der Waals surface area contributed by atoms with Gasteiger partial charge in [-0.25, -0.2) is 0 Å². The lowest BCUT2D eigenvalue weighted by Crippen LogP contribution is -2.34. The fourth-order valence-corrected chi connectivity index (χ4v) is 1.71. The number of hydrogen-bond acceptors (Lipinski definition) is 3. The highest BCUT2D eigenvalue weighted by Crippen LogP contribution is 2.13. The van der Waals surface area contributed by atoms with Gasteiger partial charge >= 0.3 is 0 Å². The first kappa shape index (κ1) is 13.5. The van der Waals surface area contributed by atoms with Crippen molar-refractivity contribution in [3.05, 3.63) is 11.9 Å². The molecule has 96 valence electrons. The van der Waals surface area contributed by atoms with Crippen molar-refractivity contribution < 1.29 is 4.79 Å². The van der Waals surface area contributed by atoms with Gasteiger partial charge < -0.3 is 10.6 Å². The summed E-state index contributed by atoms with van der Waals surface area (Å²) < 4.78 is 1.69. The van der Waals surface area contributed by atoms with E-state index in [-0.39, 0.29) is 5.91 Å². The molecule has 0 atom stereocenters. The molecular formula is C12H22N4O. The van der Waals surface area contributed by atoms with E-state index in [1.165, 1.54) is 0 Å². The number of carbonyl (C=O) groups excluding carboxylic acids is 1. The molecule has 1 heterocycles. The molecule has 0 spiro atoms. The maximum Gasteiger partial charge on any atom is 0.276 e. The zero-order valence-corrected chi connectivity index (χ0v) is 11.1. The summed E-state index contributed by atoms with van der Waals surface area (Å²) in [7, 11) is 0. The summed E-state index contributed by atoms with van der Waals surface area (Å²) in [6.45, 7) is 10.2. The number of amides is 1. The normalized spacial score (nSPS) is 10.9. The summed E-state index contributed by atoms with van der Waals surface area (Å²) in [5.41, 5.74) is 6.64. The molecule has 17 heavy (non-hydrogen) atoms. The second kappa shape index (κ2) is 5.70. The molecule has 5 nitrogen and oxygen atoms in total. The second-order valence-corrected chi connectivity index (χ2v) is 4.53. The Balaban J connectivity index is 2.89. The van der Waals surface area contributed by atoms with Gasteiger partial charge in [0.1, 0.15) is 0 Å². The number of nitrogens with zero attached hydrogens (tertiary/aromatic N) is 3. The Morgan fingerprint density at radius 3 is 2.59 bits per heavy atom. The number of aromatic nitrogens is 2. The van der Waals surface area contributed by atoms with E-state index < -0.39 is 0 Å². The van der Waals surface area contributed by atoms with Crippen LogP contribution in [0, 0.1) is 5.92 Å². The van der Waals surface area contributed by atoms with E-state index in [0.717, 1.165) is 6.54 Å². The number of anilines is 1. The summed E-state index contributed by atoms with van der Waals surface area (Å²) in [6, 6.07) is 0. The molecule has 1 aromatic heterocycles. The summed E-state index contributed by atoms with van der Waals surface area (Å²) in [4.78, 5) is 14.0. The van der Waals surface area contributed by atoms with Crippen LogP contribution in [0.4, 0.5) is 5.69 Å². The molecule has 0 saturated carbocycles. The molecule has 0 fully saturated rings. The molecule has 5 heteroatoms. The maximum absolute atomic E-state index is 12.2. The van der Waals surface area contributed by atoms with E-state index in [2.05, 4.69) is 18.9 Å². The number of rotatable bonds is 5. The minimum absolute atomic E-state index is 0.0779. The number of carbonyl (C=O) groups is 1. The van der Waals surface area contributed by atoms with Crippen LogP contribution in [-0.2, 0) is 6.54 Å². The third-order valence-corrected chi connectivity index (χ3v) is 2.57. The van der Waals surface area contributed by atoms with Crippen molar-refractivity contribution in [1.29, 1.82) is 0 Å². The molecule has 0 unspecified atom stereocenters. The molecule has 1 rings (SSSR count). The Hall–Kier alpha value is -1.52. The largest absolute Gasteiger partial charge is 0.396 e. The van der Waals surface area contributed by atoms with Gasteiger partial charge in [0, 0.05) is 25.8 Å². The zero-order valence-electron chi connectivity index (χ0n) is 11.1. The Morgan fingerprint density at radius 2 is 2.18 bits per heavy atom. The molecule has 0 aliphatic heterocycles. The molecule has 0 aliphatic rings. The van der Waals surface area contributed by atoms with Gasteiger partial charge in [0.05, 0.1) is 5.69 Å². The molecule has 0 radical (unpaired) electrons. The fraction of sp³-hybridized carbons (Fsp3) is 0.667. The molecule has 2 N–H and O–H groups in total. The molecule has 1 aromatic rings. The lowest BCUT2D eigenvalue weighted by atomic mass is 10.2. The van der Waals surface area contributed by atoms with E-state index in [0.29, 0.717) is 30.4 Å². The predicted octanol–water partition coefficient (Wildman–Crippen LogP) is 1.60. The Bertz CT molecular complexity index is 384. The smallest absolute Gasteiger partial charge is 0.276 e. The highest BCUT2D eigenvalue weighted by molar-refractivity contribution is 5.97. The lowest BCUT2D eigenvalue weighted by Gasteiger charge is -2.22. The number of aryl methyl sites for hydroxylation is 1. The van der Waals surface area contributed by atoms with E-state index in [1.807, 2.05) is 13.8 Å². The maximum atomic E-state index is 12.2. The first-order valence-corrected chi connectivity index (χ1v) is 6.11. The van der Waals surface area contributed by atoms with E-state index in [4.69, 9.17) is 5.73 Å². The van der Waals surface area contributed by atoms with Crippen molar-refractivity contribution in [3.8, 4) is 0 Å². The van der Waals surface area contributed by atoms with Crippen LogP contribution in [0.15, 0.2) is 6.20 Å². The molecule has 0 aromatic carbocycles. The molecule has 0 bridgehead atoms. The van der Waals surface area contributed by atoms with Gasteiger partial charge in [0.25, 0.3) is 5.91 Å². The van der Waals surface area contributed by atoms with Crippen LogP contribution in [-0.4, -0.2) is 33.7 Å². The summed E-state index contributed by atoms with van der Waals surface area (Å²) in [6.07, 6.45) is 1.70. The van der Waals surface area contributed by atoms with Crippen LogP contribution >= 0.6 is 0 Å². The van der Waals surface area contributed by atoms with Crippen LogP contribution in [0.25, 0.3) is 0 Å². The van der Waals surface area contributed by atoms with Gasteiger partial charge in [-0.2, -0.15) is 5.10 Å². The van der Waals surface area contributed by atoms with E-state index in [9.17, 15) is 4.79 Å². The third-order valence-electron chi connectivity index (χ3n) is 2.57.